The molecule has 0 bridgehead atoms. The summed E-state index contributed by atoms with van der Waals surface area (Å²) in [6, 6.07) is 0. The summed E-state index contributed by atoms with van der Waals surface area (Å²) in [7, 11) is 0. The van der Waals surface area contributed by atoms with Crippen LogP contribution in [0.1, 0.15) is 86.0 Å². The number of carbonyl (C=O) groups excluding carboxylic acids is 1. The number of hydrogen-bond donors (Lipinski definition) is 1. The molecule has 21 heavy (non-hydrogen) atoms. The van der Waals surface area contributed by atoms with E-state index in [2.05, 4.69) is 20.8 Å². The van der Waals surface area contributed by atoms with Crippen LogP contribution >= 0.6 is 0 Å². The van der Waals surface area contributed by atoms with Crippen LogP contribution in [0.15, 0.2) is 0 Å². The smallest absolute Gasteiger partial charge is 0.0770 e. The van der Waals surface area contributed by atoms with Gasteiger partial charge >= 0.3 is 0 Å². The Morgan fingerprint density at radius 2 is 1.24 bits per heavy atom. The van der Waals surface area contributed by atoms with E-state index in [0.717, 1.165) is 12.8 Å². The van der Waals surface area contributed by atoms with Crippen molar-refractivity contribution in [2.75, 3.05) is 19.6 Å². The molecular weight excluding hydrogens is 262 g/mol. The summed E-state index contributed by atoms with van der Waals surface area (Å²) in [6.45, 7) is 14.7. The summed E-state index contributed by atoms with van der Waals surface area (Å²) >= 11 is 0. The van der Waals surface area contributed by atoms with Crippen LogP contribution < -0.4 is 10.0 Å². The molecule has 0 aliphatic heterocycles. The van der Waals surface area contributed by atoms with Crippen molar-refractivity contribution >= 4 is 5.97 Å². The Balaban J connectivity index is 0. The maximum Gasteiger partial charge on any atom is 0.0770 e. The van der Waals surface area contributed by atoms with Crippen LogP contribution in [0.4, 0.5) is 0 Å². The fourth-order valence-corrected chi connectivity index (χ4v) is 2.21. The van der Waals surface area contributed by atoms with E-state index in [-0.39, 0.29) is 5.92 Å². The van der Waals surface area contributed by atoms with Crippen LogP contribution in [-0.4, -0.2) is 25.6 Å². The van der Waals surface area contributed by atoms with Crippen molar-refractivity contribution in [3.63, 3.8) is 0 Å². The van der Waals surface area contributed by atoms with Crippen LogP contribution in [0.2, 0.25) is 0 Å². The quantitative estimate of drug-likeness (QED) is 0.602. The number of unbranched alkanes of at least 4 members (excludes halogenated alkanes) is 3. The normalized spacial score (nSPS) is 11.9. The maximum absolute atomic E-state index is 9.98. The second-order valence-corrected chi connectivity index (χ2v) is 6.07. The Morgan fingerprint density at radius 1 is 0.857 bits per heavy atom. The number of carbonyl (C=O) groups is 1. The summed E-state index contributed by atoms with van der Waals surface area (Å²) in [6.07, 6.45) is 9.90. The van der Waals surface area contributed by atoms with Crippen molar-refractivity contribution in [1.82, 2.24) is 0 Å². The molecule has 1 N–H and O–H groups in total. The number of carboxylic acid groups (broad SMARTS) is 1. The van der Waals surface area contributed by atoms with Gasteiger partial charge in [-0.1, -0.05) is 60.3 Å². The number of rotatable bonds is 12. The molecule has 3 nitrogen and oxygen atoms in total. The molecule has 3 heteroatoms. The van der Waals surface area contributed by atoms with Crippen LogP contribution in [0.3, 0.4) is 0 Å². The predicted molar refractivity (Wildman–Crippen MR) is 89.4 cm³/mol. The van der Waals surface area contributed by atoms with Gasteiger partial charge in [0.1, 0.15) is 0 Å². The van der Waals surface area contributed by atoms with E-state index < -0.39 is 5.97 Å². The van der Waals surface area contributed by atoms with Gasteiger partial charge in [-0.15, -0.1) is 0 Å². The zero-order valence-corrected chi connectivity index (χ0v) is 15.2. The van der Waals surface area contributed by atoms with Gasteiger partial charge in [0.15, 0.2) is 0 Å². The Labute approximate surface area is 133 Å². The third-order valence-corrected chi connectivity index (χ3v) is 3.78. The molecular formula is C18H39NO2. The third kappa shape index (κ3) is 17.4. The molecule has 0 aliphatic carbocycles. The van der Waals surface area contributed by atoms with Crippen LogP contribution in [0, 0.1) is 5.92 Å². The summed E-state index contributed by atoms with van der Waals surface area (Å²) in [5.74, 6) is -1.22. The second-order valence-electron chi connectivity index (χ2n) is 6.07. The van der Waals surface area contributed by atoms with E-state index in [1.807, 2.05) is 11.8 Å². The second kappa shape index (κ2) is 17.5. The van der Waals surface area contributed by atoms with Gasteiger partial charge < -0.3 is 14.8 Å². The van der Waals surface area contributed by atoms with E-state index in [1.165, 1.54) is 58.2 Å². The topological polar surface area (TPSA) is 44.6 Å². The molecule has 0 amide bonds. The molecule has 0 aromatic rings. The van der Waals surface area contributed by atoms with Gasteiger partial charge in [-0.2, -0.15) is 0 Å². The fourth-order valence-electron chi connectivity index (χ4n) is 2.21. The van der Waals surface area contributed by atoms with Crippen molar-refractivity contribution < 1.29 is 14.8 Å². The average Bonchev–Trinajstić information content (AvgIpc) is 2.47. The Kier molecular flexibility index (Phi) is 18.9. The van der Waals surface area contributed by atoms with E-state index in [4.69, 9.17) is 0 Å². The summed E-state index contributed by atoms with van der Waals surface area (Å²) in [5, 5.41) is 9.98. The van der Waals surface area contributed by atoms with Crippen LogP contribution in [0.25, 0.3) is 0 Å². The Bertz CT molecular complexity index is 200. The summed E-state index contributed by atoms with van der Waals surface area (Å²) < 4.78 is 0. The van der Waals surface area contributed by atoms with E-state index in [9.17, 15) is 9.90 Å². The lowest BCUT2D eigenvalue weighted by Crippen LogP contribution is -3.12. The largest absolute Gasteiger partial charge is 0.550 e. The standard InChI is InChI=1S/C12H27N.C6H12O2/c1-4-7-10-13(11-8-5-2)12-9-6-3;1-3-4-5(2)6(7)8/h4-12H2,1-3H3;5H,3-4H2,1-2H3,(H,7,8). The molecule has 0 saturated heterocycles. The monoisotopic (exact) mass is 301 g/mol. The lowest BCUT2D eigenvalue weighted by molar-refractivity contribution is -0.900. The van der Waals surface area contributed by atoms with E-state index >= 15 is 0 Å². The van der Waals surface area contributed by atoms with E-state index in [0.29, 0.717) is 0 Å². The molecule has 0 aromatic heterocycles. The van der Waals surface area contributed by atoms with Crippen molar-refractivity contribution in [3.8, 4) is 0 Å². The van der Waals surface area contributed by atoms with Crippen molar-refractivity contribution in [2.24, 2.45) is 5.92 Å². The van der Waals surface area contributed by atoms with Gasteiger partial charge in [0.05, 0.1) is 19.6 Å². The molecule has 0 saturated carbocycles. The van der Waals surface area contributed by atoms with Crippen molar-refractivity contribution in [1.29, 1.82) is 0 Å². The molecule has 1 unspecified atom stereocenters. The molecule has 0 rings (SSSR count). The minimum atomic E-state index is -0.938. The fraction of sp³-hybridized carbons (Fsp3) is 0.944. The first-order valence-electron chi connectivity index (χ1n) is 9.07. The first kappa shape index (κ1) is 22.7. The Morgan fingerprint density at radius 3 is 1.43 bits per heavy atom. The predicted octanol–water partition coefficient (Wildman–Crippen LogP) is 2.44. The zero-order valence-electron chi connectivity index (χ0n) is 15.2. The molecule has 0 spiro atoms. The zero-order chi connectivity index (χ0) is 16.5. The first-order chi connectivity index (χ1) is 10.0. The van der Waals surface area contributed by atoms with Crippen molar-refractivity contribution in [3.05, 3.63) is 0 Å². The summed E-state index contributed by atoms with van der Waals surface area (Å²) in [4.78, 5) is 11.8. The molecule has 128 valence electrons. The highest BCUT2D eigenvalue weighted by Gasteiger charge is 2.05. The van der Waals surface area contributed by atoms with E-state index in [1.54, 1.807) is 6.92 Å². The molecule has 1 atom stereocenters. The number of nitrogens with one attached hydrogen (secondary N) is 1. The lowest BCUT2D eigenvalue weighted by atomic mass is 10.1. The molecule has 0 aromatic carbocycles. The van der Waals surface area contributed by atoms with Gasteiger partial charge in [-0.05, 0) is 31.6 Å². The SMILES string of the molecule is CCCC(C)C(=O)[O-].CCCC[NH+](CCCC)CCCC. The highest BCUT2D eigenvalue weighted by Crippen LogP contribution is 2.01. The average molecular weight is 302 g/mol. The highest BCUT2D eigenvalue weighted by atomic mass is 16.4. The highest BCUT2D eigenvalue weighted by molar-refractivity contribution is 5.66. The van der Waals surface area contributed by atoms with Gasteiger partial charge in [-0.3, -0.25) is 0 Å². The van der Waals surface area contributed by atoms with Crippen LogP contribution in [-0.2, 0) is 4.79 Å². The van der Waals surface area contributed by atoms with Crippen LogP contribution in [0.5, 0.6) is 0 Å². The minimum absolute atomic E-state index is 0.278. The number of aliphatic carboxylic acids is 1. The number of hydrogen-bond acceptors (Lipinski definition) is 2. The minimum Gasteiger partial charge on any atom is -0.550 e. The molecule has 0 aliphatic rings. The summed E-state index contributed by atoms with van der Waals surface area (Å²) in [5.41, 5.74) is 0. The van der Waals surface area contributed by atoms with Crippen molar-refractivity contribution in [2.45, 2.75) is 86.0 Å². The Hall–Kier alpha value is -0.570. The molecule has 0 radical (unpaired) electrons. The number of carboxylic acids is 1. The third-order valence-electron chi connectivity index (χ3n) is 3.78. The van der Waals surface area contributed by atoms with Gasteiger partial charge in [0.2, 0.25) is 0 Å². The van der Waals surface area contributed by atoms with Gasteiger partial charge in [0.25, 0.3) is 0 Å². The lowest BCUT2D eigenvalue weighted by Gasteiger charge is -2.18. The molecule has 0 fully saturated rings. The van der Waals surface area contributed by atoms with Gasteiger partial charge in [0, 0.05) is 5.97 Å². The molecule has 0 heterocycles. The number of quaternary nitrogens is 1. The first-order valence-corrected chi connectivity index (χ1v) is 9.07. The van der Waals surface area contributed by atoms with Gasteiger partial charge in [-0.25, -0.2) is 0 Å². The maximum atomic E-state index is 9.98.